The molecular formula is C19H15N5O4. The number of ether oxygens (including phenoxy) is 2. The van der Waals surface area contributed by atoms with Crippen LogP contribution in [0.15, 0.2) is 48.8 Å². The smallest absolute Gasteiger partial charge is 0.414 e. The summed E-state index contributed by atoms with van der Waals surface area (Å²) < 4.78 is 12.9. The Kier molecular flexibility index (Phi) is 4.70. The maximum atomic E-state index is 10.8. The van der Waals surface area contributed by atoms with Crippen molar-refractivity contribution in [1.29, 1.82) is 5.26 Å². The molecule has 0 unspecified atom stereocenters. The third-order valence-corrected chi connectivity index (χ3v) is 4.34. The summed E-state index contributed by atoms with van der Waals surface area (Å²) in [5.74, 6) is -0.234. The number of hydrogen-bond donors (Lipinski definition) is 0. The van der Waals surface area contributed by atoms with Crippen molar-refractivity contribution in [2.24, 2.45) is 0 Å². The van der Waals surface area contributed by atoms with Crippen molar-refractivity contribution in [2.75, 3.05) is 6.61 Å². The van der Waals surface area contributed by atoms with Crippen LogP contribution in [0, 0.1) is 21.4 Å². The molecule has 1 aliphatic heterocycles. The number of aromatic nitrogens is 3. The van der Waals surface area contributed by atoms with Gasteiger partial charge in [0.25, 0.3) is 0 Å². The van der Waals surface area contributed by atoms with Gasteiger partial charge in [-0.05, 0) is 22.6 Å². The molecule has 0 saturated heterocycles. The maximum Gasteiger partial charge on any atom is 0.414 e. The van der Waals surface area contributed by atoms with Crippen LogP contribution in [0.4, 0.5) is 5.82 Å². The number of imidazole rings is 1. The summed E-state index contributed by atoms with van der Waals surface area (Å²) in [5, 5.41) is 19.6. The molecule has 1 aliphatic rings. The van der Waals surface area contributed by atoms with Gasteiger partial charge in [-0.15, -0.1) is 0 Å². The molecule has 3 aromatic rings. The van der Waals surface area contributed by atoms with E-state index in [2.05, 4.69) is 9.97 Å². The zero-order chi connectivity index (χ0) is 19.5. The lowest BCUT2D eigenvalue weighted by Gasteiger charge is -2.22. The van der Waals surface area contributed by atoms with Crippen LogP contribution in [0.25, 0.3) is 11.3 Å². The van der Waals surface area contributed by atoms with Crippen LogP contribution in [-0.2, 0) is 17.9 Å². The zero-order valence-electron chi connectivity index (χ0n) is 14.7. The van der Waals surface area contributed by atoms with Gasteiger partial charge in [-0.25, -0.2) is 0 Å². The Morgan fingerprint density at radius 2 is 2.14 bits per heavy atom. The molecule has 2 aromatic heterocycles. The van der Waals surface area contributed by atoms with Crippen molar-refractivity contribution in [1.82, 2.24) is 14.5 Å². The van der Waals surface area contributed by atoms with Crippen LogP contribution in [-0.4, -0.2) is 32.2 Å². The van der Waals surface area contributed by atoms with Crippen molar-refractivity contribution in [3.63, 3.8) is 0 Å². The molecule has 0 fully saturated rings. The van der Waals surface area contributed by atoms with E-state index in [1.807, 2.05) is 36.4 Å². The monoisotopic (exact) mass is 377 g/mol. The van der Waals surface area contributed by atoms with E-state index in [0.29, 0.717) is 25.3 Å². The van der Waals surface area contributed by atoms with Crippen molar-refractivity contribution in [3.05, 3.63) is 70.0 Å². The topological polar surface area (TPSA) is 116 Å². The Labute approximate surface area is 159 Å². The van der Waals surface area contributed by atoms with Crippen LogP contribution >= 0.6 is 0 Å². The fourth-order valence-electron chi connectivity index (χ4n) is 2.88. The number of pyridine rings is 1. The Morgan fingerprint density at radius 1 is 1.32 bits per heavy atom. The molecule has 0 spiro atoms. The average Bonchev–Trinajstić information content (AvgIpc) is 3.16. The third kappa shape index (κ3) is 3.67. The van der Waals surface area contributed by atoms with Gasteiger partial charge in [-0.3, -0.25) is 9.55 Å². The molecule has 0 saturated carbocycles. The van der Waals surface area contributed by atoms with E-state index in [1.165, 1.54) is 6.20 Å². The van der Waals surface area contributed by atoms with Gasteiger partial charge < -0.3 is 19.6 Å². The highest BCUT2D eigenvalue weighted by Crippen LogP contribution is 2.23. The summed E-state index contributed by atoms with van der Waals surface area (Å²) in [6.45, 7) is 1.13. The highest BCUT2D eigenvalue weighted by Gasteiger charge is 2.28. The van der Waals surface area contributed by atoms with Crippen LogP contribution in [0.1, 0.15) is 11.1 Å². The number of nitrogens with zero attached hydrogens (tertiary/aromatic N) is 5. The van der Waals surface area contributed by atoms with Crippen LogP contribution in [0.2, 0.25) is 0 Å². The first-order chi connectivity index (χ1) is 13.6. The van der Waals surface area contributed by atoms with E-state index in [-0.39, 0.29) is 17.9 Å². The van der Waals surface area contributed by atoms with Gasteiger partial charge in [-0.1, -0.05) is 24.3 Å². The number of hydrogen-bond acceptors (Lipinski definition) is 7. The van der Waals surface area contributed by atoms with Crippen molar-refractivity contribution < 1.29 is 14.4 Å². The molecule has 9 nitrogen and oxygen atoms in total. The second-order valence-electron chi connectivity index (χ2n) is 6.28. The Morgan fingerprint density at radius 3 is 2.82 bits per heavy atom. The van der Waals surface area contributed by atoms with Gasteiger partial charge in [0.1, 0.15) is 25.0 Å². The number of nitriles is 1. The van der Waals surface area contributed by atoms with E-state index in [1.54, 1.807) is 16.8 Å². The molecule has 0 bridgehead atoms. The lowest BCUT2D eigenvalue weighted by Crippen LogP contribution is -2.32. The molecule has 0 radical (unpaired) electrons. The Hall–Kier alpha value is -3.77. The van der Waals surface area contributed by atoms with Crippen LogP contribution < -0.4 is 4.74 Å². The van der Waals surface area contributed by atoms with Crippen molar-refractivity contribution in [3.8, 4) is 23.3 Å². The first-order valence-electron chi connectivity index (χ1n) is 8.54. The molecule has 28 heavy (non-hydrogen) atoms. The van der Waals surface area contributed by atoms with E-state index >= 15 is 0 Å². The second kappa shape index (κ2) is 7.46. The van der Waals surface area contributed by atoms with E-state index < -0.39 is 4.92 Å². The summed E-state index contributed by atoms with van der Waals surface area (Å²) >= 11 is 0. The fourth-order valence-corrected chi connectivity index (χ4v) is 2.88. The first-order valence-corrected chi connectivity index (χ1v) is 8.54. The largest absolute Gasteiger partial charge is 0.443 e. The molecular weight excluding hydrogens is 362 g/mol. The van der Waals surface area contributed by atoms with Gasteiger partial charge in [0.05, 0.1) is 24.4 Å². The van der Waals surface area contributed by atoms with Gasteiger partial charge in [0.2, 0.25) is 0 Å². The Bertz CT molecular complexity index is 1040. The van der Waals surface area contributed by atoms with Crippen LogP contribution in [0.5, 0.6) is 6.01 Å². The molecule has 140 valence electrons. The minimum atomic E-state index is -0.547. The first kappa shape index (κ1) is 17.6. The number of rotatable bonds is 5. The maximum absolute atomic E-state index is 10.8. The van der Waals surface area contributed by atoms with Crippen LogP contribution in [0.3, 0.4) is 0 Å². The Balaban J connectivity index is 1.36. The number of benzene rings is 1. The third-order valence-electron chi connectivity index (χ3n) is 4.34. The number of fused-ring (bicyclic) bond motifs is 1. The average molecular weight is 377 g/mol. The zero-order valence-corrected chi connectivity index (χ0v) is 14.7. The van der Waals surface area contributed by atoms with Crippen molar-refractivity contribution in [2.45, 2.75) is 19.3 Å². The van der Waals surface area contributed by atoms with Crippen molar-refractivity contribution >= 4 is 5.82 Å². The normalized spacial score (nSPS) is 15.3. The minimum absolute atomic E-state index is 0.221. The van der Waals surface area contributed by atoms with Gasteiger partial charge in [0.15, 0.2) is 0 Å². The SMILES string of the molecule is N#Cc1ccc(-c2ccc(CO[C@@H]3COc4nc([N+](=O)[O-])cn4C3)cc2)nc1. The predicted molar refractivity (Wildman–Crippen MR) is 97.3 cm³/mol. The summed E-state index contributed by atoms with van der Waals surface area (Å²) in [6.07, 6.45) is 2.68. The highest BCUT2D eigenvalue weighted by molar-refractivity contribution is 5.59. The molecule has 0 N–H and O–H groups in total. The summed E-state index contributed by atoms with van der Waals surface area (Å²) in [5.41, 5.74) is 3.25. The molecule has 1 atom stereocenters. The number of nitro groups is 1. The second-order valence-corrected chi connectivity index (χ2v) is 6.28. The minimum Gasteiger partial charge on any atom is -0.443 e. The standard InChI is InChI=1S/C19H15N5O4/c20-7-14-3-6-17(21-8-14)15-4-1-13(2-5-15)11-27-16-9-23-10-18(24(25)26)22-19(23)28-12-16/h1-6,8,10,16H,9,11-12H2/t16-/m0/s1. The highest BCUT2D eigenvalue weighted by atomic mass is 16.6. The van der Waals surface area contributed by atoms with Gasteiger partial charge in [-0.2, -0.15) is 5.26 Å². The van der Waals surface area contributed by atoms with Gasteiger partial charge >= 0.3 is 11.8 Å². The molecule has 0 aliphatic carbocycles. The van der Waals surface area contributed by atoms with Gasteiger partial charge in [0, 0.05) is 16.7 Å². The predicted octanol–water partition coefficient (Wildman–Crippen LogP) is 2.70. The summed E-state index contributed by atoms with van der Waals surface area (Å²) in [7, 11) is 0. The van der Waals surface area contributed by atoms with E-state index in [4.69, 9.17) is 14.7 Å². The molecule has 0 amide bonds. The molecule has 1 aromatic carbocycles. The summed E-state index contributed by atoms with van der Waals surface area (Å²) in [4.78, 5) is 18.3. The summed E-state index contributed by atoms with van der Waals surface area (Å²) in [6, 6.07) is 13.6. The fraction of sp³-hybridized carbons (Fsp3) is 0.211. The lowest BCUT2D eigenvalue weighted by molar-refractivity contribution is -0.389. The van der Waals surface area contributed by atoms with E-state index in [0.717, 1.165) is 16.8 Å². The molecule has 3 heterocycles. The quantitative estimate of drug-likeness (QED) is 0.496. The molecule has 9 heteroatoms. The molecule has 4 rings (SSSR count). The van der Waals surface area contributed by atoms with E-state index in [9.17, 15) is 10.1 Å². The lowest BCUT2D eigenvalue weighted by atomic mass is 10.1.